The topological polar surface area (TPSA) is 15.3 Å². The summed E-state index contributed by atoms with van der Waals surface area (Å²) in [6.07, 6.45) is 9.88. The SMILES string of the molecule is CC1CCCN1CCCNC1CCCC1. The minimum absolute atomic E-state index is 0.844. The molecule has 1 saturated heterocycles. The predicted molar refractivity (Wildman–Crippen MR) is 65.1 cm³/mol. The lowest BCUT2D eigenvalue weighted by Crippen LogP contribution is -2.32. The third kappa shape index (κ3) is 3.46. The van der Waals surface area contributed by atoms with Crippen molar-refractivity contribution < 1.29 is 0 Å². The maximum Gasteiger partial charge on any atom is 0.00674 e. The fourth-order valence-corrected chi connectivity index (χ4v) is 3.04. The molecule has 0 amide bonds. The molecule has 0 radical (unpaired) electrons. The molecule has 2 aliphatic rings. The second-order valence-corrected chi connectivity index (χ2v) is 5.32. The van der Waals surface area contributed by atoms with Crippen LogP contribution in [0.2, 0.25) is 0 Å². The Morgan fingerprint density at radius 2 is 1.93 bits per heavy atom. The van der Waals surface area contributed by atoms with Gasteiger partial charge in [0.05, 0.1) is 0 Å². The monoisotopic (exact) mass is 210 g/mol. The van der Waals surface area contributed by atoms with Crippen molar-refractivity contribution >= 4 is 0 Å². The normalized spacial score (nSPS) is 29.0. The summed E-state index contributed by atoms with van der Waals surface area (Å²) in [5, 5.41) is 3.69. The molecule has 0 aromatic rings. The quantitative estimate of drug-likeness (QED) is 0.701. The van der Waals surface area contributed by atoms with Crippen LogP contribution in [0.4, 0.5) is 0 Å². The van der Waals surface area contributed by atoms with Gasteiger partial charge in [0.25, 0.3) is 0 Å². The van der Waals surface area contributed by atoms with Gasteiger partial charge >= 0.3 is 0 Å². The highest BCUT2D eigenvalue weighted by molar-refractivity contribution is 4.76. The van der Waals surface area contributed by atoms with E-state index >= 15 is 0 Å². The van der Waals surface area contributed by atoms with Gasteiger partial charge in [0, 0.05) is 12.1 Å². The van der Waals surface area contributed by atoms with Crippen molar-refractivity contribution in [2.45, 2.75) is 64.0 Å². The number of hydrogen-bond donors (Lipinski definition) is 1. The van der Waals surface area contributed by atoms with Crippen LogP contribution in [-0.2, 0) is 0 Å². The number of likely N-dealkylation sites (tertiary alicyclic amines) is 1. The van der Waals surface area contributed by atoms with Crippen LogP contribution >= 0.6 is 0 Å². The molecule has 0 spiro atoms. The Balaban J connectivity index is 1.51. The van der Waals surface area contributed by atoms with Crippen molar-refractivity contribution in [3.8, 4) is 0 Å². The van der Waals surface area contributed by atoms with Crippen molar-refractivity contribution in [3.05, 3.63) is 0 Å². The molecule has 2 heteroatoms. The van der Waals surface area contributed by atoms with E-state index in [-0.39, 0.29) is 0 Å². The van der Waals surface area contributed by atoms with Gasteiger partial charge in [0.15, 0.2) is 0 Å². The fraction of sp³-hybridized carbons (Fsp3) is 1.00. The van der Waals surface area contributed by atoms with Crippen LogP contribution < -0.4 is 5.32 Å². The van der Waals surface area contributed by atoms with Crippen LogP contribution in [-0.4, -0.2) is 36.6 Å². The minimum atomic E-state index is 0.844. The Morgan fingerprint density at radius 1 is 1.13 bits per heavy atom. The first-order valence-electron chi connectivity index (χ1n) is 6.83. The molecular formula is C13H26N2. The first-order chi connectivity index (χ1) is 7.36. The van der Waals surface area contributed by atoms with E-state index < -0.39 is 0 Å². The zero-order chi connectivity index (χ0) is 10.5. The Labute approximate surface area is 94.4 Å². The Morgan fingerprint density at radius 3 is 2.60 bits per heavy atom. The smallest absolute Gasteiger partial charge is 0.00674 e. The summed E-state index contributed by atoms with van der Waals surface area (Å²) in [6.45, 7) is 6.25. The van der Waals surface area contributed by atoms with Gasteiger partial charge in [-0.3, -0.25) is 0 Å². The van der Waals surface area contributed by atoms with Crippen molar-refractivity contribution in [1.29, 1.82) is 0 Å². The summed E-state index contributed by atoms with van der Waals surface area (Å²) in [5.41, 5.74) is 0. The fourth-order valence-electron chi connectivity index (χ4n) is 3.04. The summed E-state index contributed by atoms with van der Waals surface area (Å²) >= 11 is 0. The number of nitrogens with one attached hydrogen (secondary N) is 1. The van der Waals surface area contributed by atoms with E-state index in [0.29, 0.717) is 0 Å². The van der Waals surface area contributed by atoms with E-state index in [0.717, 1.165) is 12.1 Å². The van der Waals surface area contributed by atoms with Crippen LogP contribution in [0.3, 0.4) is 0 Å². The van der Waals surface area contributed by atoms with Gasteiger partial charge in [-0.05, 0) is 58.7 Å². The zero-order valence-corrected chi connectivity index (χ0v) is 10.2. The van der Waals surface area contributed by atoms with Crippen molar-refractivity contribution in [2.75, 3.05) is 19.6 Å². The predicted octanol–water partition coefficient (Wildman–Crippen LogP) is 2.39. The van der Waals surface area contributed by atoms with Gasteiger partial charge in [-0.2, -0.15) is 0 Å². The van der Waals surface area contributed by atoms with E-state index in [1.165, 1.54) is 64.6 Å². The highest BCUT2D eigenvalue weighted by Crippen LogP contribution is 2.18. The maximum absolute atomic E-state index is 3.69. The number of hydrogen-bond acceptors (Lipinski definition) is 2. The first kappa shape index (κ1) is 11.4. The van der Waals surface area contributed by atoms with Gasteiger partial charge in [-0.1, -0.05) is 12.8 Å². The van der Waals surface area contributed by atoms with E-state index in [1.54, 1.807) is 0 Å². The molecule has 1 aliphatic carbocycles. The van der Waals surface area contributed by atoms with E-state index in [1.807, 2.05) is 0 Å². The molecule has 88 valence electrons. The Bertz CT molecular complexity index is 175. The molecule has 1 atom stereocenters. The molecule has 0 aromatic carbocycles. The summed E-state index contributed by atoms with van der Waals surface area (Å²) < 4.78 is 0. The molecule has 0 aromatic heterocycles. The second kappa shape index (κ2) is 5.86. The minimum Gasteiger partial charge on any atom is -0.314 e. The molecular weight excluding hydrogens is 184 g/mol. The number of rotatable bonds is 5. The largest absolute Gasteiger partial charge is 0.314 e. The molecule has 15 heavy (non-hydrogen) atoms. The van der Waals surface area contributed by atoms with E-state index in [9.17, 15) is 0 Å². The second-order valence-electron chi connectivity index (χ2n) is 5.32. The van der Waals surface area contributed by atoms with Gasteiger partial charge < -0.3 is 10.2 Å². The molecule has 0 bridgehead atoms. The van der Waals surface area contributed by atoms with Crippen molar-refractivity contribution in [3.63, 3.8) is 0 Å². The van der Waals surface area contributed by atoms with Crippen LogP contribution in [0.25, 0.3) is 0 Å². The maximum atomic E-state index is 3.69. The highest BCUT2D eigenvalue weighted by Gasteiger charge is 2.19. The highest BCUT2D eigenvalue weighted by atomic mass is 15.2. The lowest BCUT2D eigenvalue weighted by Gasteiger charge is -2.21. The molecule has 2 fully saturated rings. The van der Waals surface area contributed by atoms with Crippen LogP contribution in [0.15, 0.2) is 0 Å². The van der Waals surface area contributed by atoms with Gasteiger partial charge in [0.1, 0.15) is 0 Å². The van der Waals surface area contributed by atoms with E-state index in [4.69, 9.17) is 0 Å². The molecule has 1 heterocycles. The third-order valence-electron chi connectivity index (χ3n) is 4.10. The molecule has 2 nitrogen and oxygen atoms in total. The lowest BCUT2D eigenvalue weighted by atomic mass is 10.2. The molecule has 2 rings (SSSR count). The van der Waals surface area contributed by atoms with Crippen molar-refractivity contribution in [1.82, 2.24) is 10.2 Å². The third-order valence-corrected chi connectivity index (χ3v) is 4.10. The number of nitrogens with zero attached hydrogens (tertiary/aromatic N) is 1. The molecule has 1 unspecified atom stereocenters. The van der Waals surface area contributed by atoms with Gasteiger partial charge in [-0.25, -0.2) is 0 Å². The summed E-state index contributed by atoms with van der Waals surface area (Å²) in [7, 11) is 0. The van der Waals surface area contributed by atoms with Gasteiger partial charge in [0.2, 0.25) is 0 Å². The molecule has 1 aliphatic heterocycles. The summed E-state index contributed by atoms with van der Waals surface area (Å²) in [4.78, 5) is 2.65. The van der Waals surface area contributed by atoms with Gasteiger partial charge in [-0.15, -0.1) is 0 Å². The zero-order valence-electron chi connectivity index (χ0n) is 10.2. The van der Waals surface area contributed by atoms with E-state index in [2.05, 4.69) is 17.1 Å². The summed E-state index contributed by atoms with van der Waals surface area (Å²) in [5.74, 6) is 0. The summed E-state index contributed by atoms with van der Waals surface area (Å²) in [6, 6.07) is 1.69. The molecule has 1 saturated carbocycles. The van der Waals surface area contributed by atoms with Crippen LogP contribution in [0.5, 0.6) is 0 Å². The first-order valence-corrected chi connectivity index (χ1v) is 6.83. The standard InChI is InChI=1S/C13H26N2/c1-12-6-4-10-15(12)11-5-9-14-13-7-2-3-8-13/h12-14H,2-11H2,1H3. The Hall–Kier alpha value is -0.0800. The van der Waals surface area contributed by atoms with Crippen molar-refractivity contribution in [2.24, 2.45) is 0 Å². The average Bonchev–Trinajstić information content (AvgIpc) is 2.85. The lowest BCUT2D eigenvalue weighted by molar-refractivity contribution is 0.262. The van der Waals surface area contributed by atoms with Crippen LogP contribution in [0, 0.1) is 0 Å². The van der Waals surface area contributed by atoms with Crippen LogP contribution in [0.1, 0.15) is 51.9 Å². The molecule has 1 N–H and O–H groups in total. The Kier molecular flexibility index (Phi) is 4.45. The average molecular weight is 210 g/mol.